The van der Waals surface area contributed by atoms with E-state index >= 15 is 0 Å². The smallest absolute Gasteiger partial charge is 0.339 e. The normalized spacial score (nSPS) is 16.1. The molecule has 2 aromatic rings. The molecule has 0 unspecified atom stereocenters. The number of hydrogen-bond donors (Lipinski definition) is 1. The number of H-pyrrole nitrogens is 1. The van der Waals surface area contributed by atoms with E-state index in [1.807, 2.05) is 0 Å². The Labute approximate surface area is 111 Å². The third-order valence-corrected chi connectivity index (χ3v) is 3.29. The number of imidazole rings is 1. The second-order valence-corrected chi connectivity index (χ2v) is 4.67. The zero-order valence-corrected chi connectivity index (χ0v) is 10.4. The summed E-state index contributed by atoms with van der Waals surface area (Å²) in [6, 6.07) is 0. The molecule has 5 nitrogen and oxygen atoms in total. The molecule has 1 fully saturated rings. The Hall–Kier alpha value is -2.12. The highest BCUT2D eigenvalue weighted by Gasteiger charge is 2.35. The van der Waals surface area contributed by atoms with E-state index in [2.05, 4.69) is 15.0 Å². The highest BCUT2D eigenvalue weighted by atomic mass is 19.4. The van der Waals surface area contributed by atoms with Crippen LogP contribution in [0.4, 0.5) is 13.2 Å². The molecule has 1 aliphatic heterocycles. The fourth-order valence-electron chi connectivity index (χ4n) is 2.31. The van der Waals surface area contributed by atoms with Crippen molar-refractivity contribution in [1.29, 1.82) is 0 Å². The number of hydrogen-bond acceptors (Lipinski definition) is 3. The van der Waals surface area contributed by atoms with Gasteiger partial charge in [0.15, 0.2) is 0 Å². The van der Waals surface area contributed by atoms with Gasteiger partial charge in [-0.3, -0.25) is 9.78 Å². The van der Waals surface area contributed by atoms with Crippen molar-refractivity contribution in [3.05, 3.63) is 23.8 Å². The van der Waals surface area contributed by atoms with Gasteiger partial charge in [0.25, 0.3) is 5.91 Å². The Morgan fingerprint density at radius 2 is 1.95 bits per heavy atom. The van der Waals surface area contributed by atoms with E-state index in [-0.39, 0.29) is 22.5 Å². The van der Waals surface area contributed by atoms with Crippen molar-refractivity contribution in [1.82, 2.24) is 19.9 Å². The third kappa shape index (κ3) is 2.10. The first-order valence-corrected chi connectivity index (χ1v) is 6.17. The second-order valence-electron chi connectivity index (χ2n) is 4.67. The monoisotopic (exact) mass is 284 g/mol. The second kappa shape index (κ2) is 4.46. The Kier molecular flexibility index (Phi) is 2.88. The largest absolute Gasteiger partial charge is 0.449 e. The molecule has 0 aromatic carbocycles. The predicted octanol–water partition coefficient (Wildman–Crippen LogP) is 2.21. The first-order chi connectivity index (χ1) is 9.47. The molecule has 8 heteroatoms. The molecule has 20 heavy (non-hydrogen) atoms. The Morgan fingerprint density at radius 1 is 1.25 bits per heavy atom. The molecule has 1 saturated heterocycles. The summed E-state index contributed by atoms with van der Waals surface area (Å²) in [6.07, 6.45) is -0.262. The van der Waals surface area contributed by atoms with Crippen molar-refractivity contribution >= 4 is 16.9 Å². The average Bonchev–Trinajstić information content (AvgIpc) is 3.05. The number of nitrogens with one attached hydrogen (secondary N) is 1. The summed E-state index contributed by atoms with van der Waals surface area (Å²) < 4.78 is 38.0. The Balaban J connectivity index is 2.07. The summed E-state index contributed by atoms with van der Waals surface area (Å²) in [7, 11) is 0. The maximum atomic E-state index is 12.7. The van der Waals surface area contributed by atoms with Gasteiger partial charge >= 0.3 is 6.18 Å². The number of aromatic nitrogens is 3. The number of carbonyl (C=O) groups is 1. The lowest BCUT2D eigenvalue weighted by molar-refractivity contribution is -0.144. The van der Waals surface area contributed by atoms with Crippen LogP contribution < -0.4 is 0 Å². The molecule has 106 valence electrons. The summed E-state index contributed by atoms with van der Waals surface area (Å²) in [5, 5.41) is 0. The van der Waals surface area contributed by atoms with Crippen molar-refractivity contribution in [3.63, 3.8) is 0 Å². The highest BCUT2D eigenvalue weighted by molar-refractivity contribution is 6.04. The lowest BCUT2D eigenvalue weighted by Gasteiger charge is -2.14. The topological polar surface area (TPSA) is 61.9 Å². The molecular formula is C12H11F3N4O. The van der Waals surface area contributed by atoms with Gasteiger partial charge in [0.2, 0.25) is 5.82 Å². The SMILES string of the molecule is O=C(c1cncc2[nH]c(C(F)(F)F)nc12)N1CCCC1. The Morgan fingerprint density at radius 3 is 2.60 bits per heavy atom. The summed E-state index contributed by atoms with van der Waals surface area (Å²) in [5.74, 6) is -1.43. The molecule has 1 amide bonds. The van der Waals surface area contributed by atoms with Crippen molar-refractivity contribution in [2.24, 2.45) is 0 Å². The minimum absolute atomic E-state index is 0.0178. The van der Waals surface area contributed by atoms with Crippen LogP contribution in [0.15, 0.2) is 12.4 Å². The molecule has 3 rings (SSSR count). The van der Waals surface area contributed by atoms with Gasteiger partial charge in [-0.05, 0) is 12.8 Å². The number of rotatable bonds is 1. The van der Waals surface area contributed by atoms with Crippen LogP contribution in [-0.2, 0) is 6.18 Å². The molecule has 0 bridgehead atoms. The number of pyridine rings is 1. The summed E-state index contributed by atoms with van der Waals surface area (Å²) in [5.41, 5.74) is 0.239. The summed E-state index contributed by atoms with van der Waals surface area (Å²) in [4.78, 5) is 23.4. The summed E-state index contributed by atoms with van der Waals surface area (Å²) >= 11 is 0. The molecular weight excluding hydrogens is 273 g/mol. The minimum Gasteiger partial charge on any atom is -0.339 e. The first-order valence-electron chi connectivity index (χ1n) is 6.17. The molecule has 1 aliphatic rings. The third-order valence-electron chi connectivity index (χ3n) is 3.29. The van der Waals surface area contributed by atoms with Crippen molar-refractivity contribution in [2.75, 3.05) is 13.1 Å². The fourth-order valence-corrected chi connectivity index (χ4v) is 2.31. The molecule has 0 aliphatic carbocycles. The number of halogens is 3. The number of alkyl halides is 3. The van der Waals surface area contributed by atoms with Crippen molar-refractivity contribution in [3.8, 4) is 0 Å². The maximum absolute atomic E-state index is 12.7. The van der Waals surface area contributed by atoms with Crippen LogP contribution in [-0.4, -0.2) is 38.8 Å². The van der Waals surface area contributed by atoms with Gasteiger partial charge in [-0.25, -0.2) is 4.98 Å². The standard InChI is InChI=1S/C12H11F3N4O/c13-12(14,15)11-17-8-6-16-5-7(9(8)18-11)10(20)19-3-1-2-4-19/h5-6H,1-4H2,(H,17,18). The molecule has 3 heterocycles. The molecule has 0 radical (unpaired) electrons. The van der Waals surface area contributed by atoms with Crippen LogP contribution in [0.25, 0.3) is 11.0 Å². The van der Waals surface area contributed by atoms with Crippen molar-refractivity contribution in [2.45, 2.75) is 19.0 Å². The lowest BCUT2D eigenvalue weighted by atomic mass is 10.2. The van der Waals surface area contributed by atoms with Gasteiger partial charge < -0.3 is 9.88 Å². The van der Waals surface area contributed by atoms with E-state index in [1.165, 1.54) is 12.4 Å². The Bertz CT molecular complexity index is 658. The van der Waals surface area contributed by atoms with Crippen LogP contribution in [0.1, 0.15) is 29.0 Å². The van der Waals surface area contributed by atoms with Crippen molar-refractivity contribution < 1.29 is 18.0 Å². The van der Waals surface area contributed by atoms with Gasteiger partial charge in [0, 0.05) is 19.3 Å². The molecule has 0 atom stereocenters. The van der Waals surface area contributed by atoms with Gasteiger partial charge in [-0.1, -0.05) is 0 Å². The van der Waals surface area contributed by atoms with Crippen LogP contribution >= 0.6 is 0 Å². The van der Waals surface area contributed by atoms with E-state index in [0.717, 1.165) is 12.8 Å². The number of carbonyl (C=O) groups excluding carboxylic acids is 1. The minimum atomic E-state index is -4.58. The number of fused-ring (bicyclic) bond motifs is 1. The van der Waals surface area contributed by atoms with Gasteiger partial charge in [0.1, 0.15) is 5.52 Å². The number of amides is 1. The molecule has 1 N–H and O–H groups in total. The van der Waals surface area contributed by atoms with Crippen LogP contribution in [0.2, 0.25) is 0 Å². The van der Waals surface area contributed by atoms with Gasteiger partial charge in [0.05, 0.1) is 17.3 Å². The summed E-state index contributed by atoms with van der Waals surface area (Å²) in [6.45, 7) is 1.23. The molecule has 0 saturated carbocycles. The molecule has 2 aromatic heterocycles. The van der Waals surface area contributed by atoms with Gasteiger partial charge in [-0.15, -0.1) is 0 Å². The number of aromatic amines is 1. The zero-order chi connectivity index (χ0) is 14.3. The van der Waals surface area contributed by atoms with E-state index in [0.29, 0.717) is 13.1 Å². The lowest BCUT2D eigenvalue weighted by Crippen LogP contribution is -2.27. The number of likely N-dealkylation sites (tertiary alicyclic amines) is 1. The van der Waals surface area contributed by atoms with Crippen LogP contribution in [0.3, 0.4) is 0 Å². The predicted molar refractivity (Wildman–Crippen MR) is 64.0 cm³/mol. The maximum Gasteiger partial charge on any atom is 0.449 e. The molecule has 0 spiro atoms. The van der Waals surface area contributed by atoms with E-state index < -0.39 is 12.0 Å². The van der Waals surface area contributed by atoms with Crippen LogP contribution in [0.5, 0.6) is 0 Å². The quantitative estimate of drug-likeness (QED) is 0.873. The van der Waals surface area contributed by atoms with Crippen LogP contribution in [0, 0.1) is 0 Å². The highest BCUT2D eigenvalue weighted by Crippen LogP contribution is 2.29. The number of nitrogens with zero attached hydrogens (tertiary/aromatic N) is 3. The van der Waals surface area contributed by atoms with Gasteiger partial charge in [-0.2, -0.15) is 13.2 Å². The first kappa shape index (κ1) is 12.9. The zero-order valence-electron chi connectivity index (χ0n) is 10.4. The average molecular weight is 284 g/mol. The van der Waals surface area contributed by atoms with E-state index in [9.17, 15) is 18.0 Å². The fraction of sp³-hybridized carbons (Fsp3) is 0.417. The van der Waals surface area contributed by atoms with E-state index in [1.54, 1.807) is 4.90 Å². The van der Waals surface area contributed by atoms with E-state index in [4.69, 9.17) is 0 Å².